The molecule has 0 aromatic heterocycles. The van der Waals surface area contributed by atoms with Crippen molar-refractivity contribution in [2.24, 2.45) is 0 Å². The molecule has 3 aromatic rings. The number of benzene rings is 3. The van der Waals surface area contributed by atoms with E-state index < -0.39 is 10.0 Å². The van der Waals surface area contributed by atoms with E-state index in [-0.39, 0.29) is 28.6 Å². The fraction of sp³-hybridized carbons (Fsp3) is 0.136. The molecule has 0 aliphatic carbocycles. The Hall–Kier alpha value is -2.94. The number of methoxy groups -OCH3 is 2. The van der Waals surface area contributed by atoms with Gasteiger partial charge in [-0.3, -0.25) is 9.52 Å². The minimum Gasteiger partial charge on any atom is -0.495 e. The van der Waals surface area contributed by atoms with Crippen LogP contribution < -0.4 is 19.5 Å². The second-order valence-corrected chi connectivity index (χ2v) is 9.14. The minimum absolute atomic E-state index is 0.0104. The van der Waals surface area contributed by atoms with Crippen LogP contribution in [0.25, 0.3) is 0 Å². The van der Waals surface area contributed by atoms with E-state index >= 15 is 0 Å². The van der Waals surface area contributed by atoms with Crippen molar-refractivity contribution in [3.63, 3.8) is 0 Å². The van der Waals surface area contributed by atoms with Crippen LogP contribution in [0.2, 0.25) is 10.0 Å². The Labute approximate surface area is 196 Å². The van der Waals surface area contributed by atoms with Crippen molar-refractivity contribution in [2.45, 2.75) is 11.3 Å². The summed E-state index contributed by atoms with van der Waals surface area (Å²) in [6.07, 6.45) is 0.0104. The first kappa shape index (κ1) is 23.7. The van der Waals surface area contributed by atoms with Crippen LogP contribution in [0.1, 0.15) is 5.56 Å². The minimum atomic E-state index is -3.97. The molecule has 168 valence electrons. The highest BCUT2D eigenvalue weighted by molar-refractivity contribution is 7.92. The molecule has 2 N–H and O–H groups in total. The molecule has 0 spiro atoms. The van der Waals surface area contributed by atoms with E-state index in [2.05, 4.69) is 10.0 Å². The molecule has 32 heavy (non-hydrogen) atoms. The highest BCUT2D eigenvalue weighted by Crippen LogP contribution is 2.31. The SMILES string of the molecule is COc1ccc(S(=O)(=O)Nc2ccccc2OC)cc1NC(=O)Cc1ccc(Cl)c(Cl)c1. The van der Waals surface area contributed by atoms with E-state index in [4.69, 9.17) is 32.7 Å². The van der Waals surface area contributed by atoms with Crippen LogP contribution in [0.5, 0.6) is 11.5 Å². The van der Waals surface area contributed by atoms with Crippen LogP contribution in [0, 0.1) is 0 Å². The van der Waals surface area contributed by atoms with Gasteiger partial charge >= 0.3 is 0 Å². The second kappa shape index (κ2) is 10.1. The van der Waals surface area contributed by atoms with Crippen LogP contribution in [-0.2, 0) is 21.2 Å². The maximum atomic E-state index is 12.9. The molecule has 0 heterocycles. The van der Waals surface area contributed by atoms with E-state index in [0.29, 0.717) is 27.1 Å². The molecular formula is C22H20Cl2N2O5S. The zero-order valence-corrected chi connectivity index (χ0v) is 19.5. The summed E-state index contributed by atoms with van der Waals surface area (Å²) in [5.74, 6) is 0.303. The molecule has 0 saturated heterocycles. The van der Waals surface area contributed by atoms with E-state index in [1.165, 1.54) is 32.4 Å². The first-order chi connectivity index (χ1) is 15.2. The maximum absolute atomic E-state index is 12.9. The molecule has 3 rings (SSSR count). The summed E-state index contributed by atoms with van der Waals surface area (Å²) in [5.41, 5.74) is 1.15. The molecule has 0 atom stereocenters. The van der Waals surface area contributed by atoms with Gasteiger partial charge in [0.25, 0.3) is 10.0 Å². The molecule has 7 nitrogen and oxygen atoms in total. The van der Waals surface area contributed by atoms with Crippen LogP contribution in [0.4, 0.5) is 11.4 Å². The Morgan fingerprint density at radius 3 is 2.25 bits per heavy atom. The van der Waals surface area contributed by atoms with Crippen LogP contribution in [-0.4, -0.2) is 28.5 Å². The van der Waals surface area contributed by atoms with Crippen LogP contribution >= 0.6 is 23.2 Å². The summed E-state index contributed by atoms with van der Waals surface area (Å²) in [5, 5.41) is 3.41. The molecule has 0 unspecified atom stereocenters. The van der Waals surface area contributed by atoms with E-state index in [9.17, 15) is 13.2 Å². The molecular weight excluding hydrogens is 475 g/mol. The van der Waals surface area contributed by atoms with Crippen molar-refractivity contribution in [2.75, 3.05) is 24.3 Å². The normalized spacial score (nSPS) is 11.0. The lowest BCUT2D eigenvalue weighted by Crippen LogP contribution is -2.17. The average Bonchev–Trinajstić information content (AvgIpc) is 2.76. The molecule has 0 aliphatic heterocycles. The van der Waals surface area contributed by atoms with Crippen molar-refractivity contribution < 1.29 is 22.7 Å². The summed E-state index contributed by atoms with van der Waals surface area (Å²) in [6.45, 7) is 0. The number of para-hydroxylation sites is 2. The molecule has 0 aliphatic rings. The number of amides is 1. The Morgan fingerprint density at radius 2 is 1.56 bits per heavy atom. The van der Waals surface area contributed by atoms with Crippen molar-refractivity contribution in [1.82, 2.24) is 0 Å². The number of carbonyl (C=O) groups excluding carboxylic acids is 1. The topological polar surface area (TPSA) is 93.7 Å². The average molecular weight is 495 g/mol. The first-order valence-electron chi connectivity index (χ1n) is 9.31. The van der Waals surface area contributed by atoms with Crippen molar-refractivity contribution in [1.29, 1.82) is 0 Å². The Bertz CT molecular complexity index is 1250. The van der Waals surface area contributed by atoms with Crippen molar-refractivity contribution in [3.8, 4) is 11.5 Å². The van der Waals surface area contributed by atoms with Crippen LogP contribution in [0.3, 0.4) is 0 Å². The van der Waals surface area contributed by atoms with Crippen molar-refractivity contribution in [3.05, 3.63) is 76.3 Å². The largest absolute Gasteiger partial charge is 0.495 e. The van der Waals surface area contributed by atoms with Gasteiger partial charge < -0.3 is 14.8 Å². The number of hydrogen-bond acceptors (Lipinski definition) is 5. The summed E-state index contributed by atoms with van der Waals surface area (Å²) in [7, 11) is -1.10. The van der Waals surface area contributed by atoms with E-state index in [1.54, 1.807) is 42.5 Å². The number of rotatable bonds is 8. The predicted molar refractivity (Wildman–Crippen MR) is 126 cm³/mol. The second-order valence-electron chi connectivity index (χ2n) is 6.64. The number of nitrogens with one attached hydrogen (secondary N) is 2. The van der Waals surface area contributed by atoms with Gasteiger partial charge in [-0.2, -0.15) is 0 Å². The Balaban J connectivity index is 1.84. The van der Waals surface area contributed by atoms with E-state index in [1.807, 2.05) is 0 Å². The Kier molecular flexibility index (Phi) is 7.50. The predicted octanol–water partition coefficient (Wildman–Crippen LogP) is 4.99. The number of ether oxygens (including phenoxy) is 2. The molecule has 0 bridgehead atoms. The van der Waals surface area contributed by atoms with E-state index in [0.717, 1.165) is 0 Å². The number of carbonyl (C=O) groups is 1. The summed E-state index contributed by atoms with van der Waals surface area (Å²) < 4.78 is 38.8. The zero-order chi connectivity index (χ0) is 23.3. The highest BCUT2D eigenvalue weighted by atomic mass is 35.5. The molecule has 0 saturated carbocycles. The molecule has 0 fully saturated rings. The third kappa shape index (κ3) is 5.64. The molecule has 10 heteroatoms. The summed E-state index contributed by atoms with van der Waals surface area (Å²) >= 11 is 11.9. The maximum Gasteiger partial charge on any atom is 0.262 e. The molecule has 0 radical (unpaired) electrons. The van der Waals surface area contributed by atoms with Gasteiger partial charge in [-0.05, 0) is 48.0 Å². The summed E-state index contributed by atoms with van der Waals surface area (Å²) in [6, 6.07) is 15.7. The van der Waals surface area contributed by atoms with Gasteiger partial charge in [0.1, 0.15) is 11.5 Å². The number of hydrogen-bond donors (Lipinski definition) is 2. The quantitative estimate of drug-likeness (QED) is 0.459. The van der Waals surface area contributed by atoms with Gasteiger partial charge in [0.05, 0.1) is 47.0 Å². The number of sulfonamides is 1. The van der Waals surface area contributed by atoms with Gasteiger partial charge in [-0.1, -0.05) is 41.4 Å². The van der Waals surface area contributed by atoms with Gasteiger partial charge in [0, 0.05) is 0 Å². The monoisotopic (exact) mass is 494 g/mol. The Morgan fingerprint density at radius 1 is 0.875 bits per heavy atom. The lowest BCUT2D eigenvalue weighted by Gasteiger charge is -2.15. The van der Waals surface area contributed by atoms with Gasteiger partial charge in [-0.15, -0.1) is 0 Å². The number of anilines is 2. The number of halogens is 2. The summed E-state index contributed by atoms with van der Waals surface area (Å²) in [4.78, 5) is 12.5. The standard InChI is InChI=1S/C22H20Cl2N2O5S/c1-30-20-6-4-3-5-18(20)26-32(28,29)15-8-10-21(31-2)19(13-15)25-22(27)12-14-7-9-16(23)17(24)11-14/h3-11,13,26H,12H2,1-2H3,(H,25,27). The lowest BCUT2D eigenvalue weighted by molar-refractivity contribution is -0.115. The van der Waals surface area contributed by atoms with Crippen molar-refractivity contribution >= 4 is 50.5 Å². The fourth-order valence-corrected chi connectivity index (χ4v) is 4.33. The third-order valence-corrected chi connectivity index (χ3v) is 6.56. The van der Waals surface area contributed by atoms with Gasteiger partial charge in [0.15, 0.2) is 0 Å². The van der Waals surface area contributed by atoms with Crippen LogP contribution in [0.15, 0.2) is 65.6 Å². The first-order valence-corrected chi connectivity index (χ1v) is 11.5. The van der Waals surface area contributed by atoms with Gasteiger partial charge in [-0.25, -0.2) is 8.42 Å². The molecule has 3 aromatic carbocycles. The zero-order valence-electron chi connectivity index (χ0n) is 17.2. The fourth-order valence-electron chi connectivity index (χ4n) is 2.91. The lowest BCUT2D eigenvalue weighted by atomic mass is 10.1. The van der Waals surface area contributed by atoms with Gasteiger partial charge in [0.2, 0.25) is 5.91 Å². The highest BCUT2D eigenvalue weighted by Gasteiger charge is 2.19. The third-order valence-electron chi connectivity index (χ3n) is 4.46. The smallest absolute Gasteiger partial charge is 0.262 e. The molecule has 1 amide bonds.